The van der Waals surface area contributed by atoms with Crippen LogP contribution in [0.5, 0.6) is 0 Å². The van der Waals surface area contributed by atoms with Gasteiger partial charge >= 0.3 is 37.3 Å². The van der Waals surface area contributed by atoms with E-state index in [1.165, 1.54) is 0 Å². The van der Waals surface area contributed by atoms with E-state index < -0.39 is 44.8 Å². The fourth-order valence-corrected chi connectivity index (χ4v) is 25.7. The van der Waals surface area contributed by atoms with E-state index in [4.69, 9.17) is 63.2 Å². The van der Waals surface area contributed by atoms with E-state index in [2.05, 4.69) is 24.0 Å². The van der Waals surface area contributed by atoms with Gasteiger partial charge in [0.05, 0.1) is 26.4 Å². The molecule has 4 saturated heterocycles. The van der Waals surface area contributed by atoms with Crippen molar-refractivity contribution in [3.05, 3.63) is 0 Å². The van der Waals surface area contributed by atoms with Crippen LogP contribution in [-0.4, -0.2) is 75.0 Å². The monoisotopic (exact) mass is 686 g/mol. The molecule has 0 radical (unpaired) electrons. The lowest BCUT2D eigenvalue weighted by Gasteiger charge is -2.43. The first kappa shape index (κ1) is 29.5. The van der Waals surface area contributed by atoms with Crippen molar-refractivity contribution in [2.45, 2.75) is 38.5 Å². The first-order chi connectivity index (χ1) is 18.4. The molecule has 4 spiro atoms. The highest BCUT2D eigenvalue weighted by Crippen LogP contribution is 2.80. The average molecular weight is 687 g/mol. The Morgan fingerprint density at radius 3 is 1.84 bits per heavy atom. The van der Waals surface area contributed by atoms with Gasteiger partial charge in [-0.3, -0.25) is 5.09 Å². The molecule has 6 rings (SSSR count). The predicted molar refractivity (Wildman–Crippen MR) is 158 cm³/mol. The van der Waals surface area contributed by atoms with Crippen molar-refractivity contribution < 1.29 is 18.1 Å². The van der Waals surface area contributed by atoms with Crippen molar-refractivity contribution in [3.63, 3.8) is 0 Å². The molecule has 6 aliphatic heterocycles. The molecule has 0 saturated carbocycles. The van der Waals surface area contributed by atoms with Gasteiger partial charge in [0.1, 0.15) is 0 Å². The summed E-state index contributed by atoms with van der Waals surface area (Å²) in [5.74, 6) is 0. The molecule has 0 aliphatic carbocycles. The zero-order valence-corrected chi connectivity index (χ0v) is 27.8. The smallest absolute Gasteiger partial charge is 0.306 e. The molecule has 2 N–H and O–H groups in total. The van der Waals surface area contributed by atoms with Crippen molar-refractivity contribution in [1.82, 2.24) is 19.5 Å². The Morgan fingerprint density at radius 1 is 0.684 bits per heavy atom. The van der Waals surface area contributed by atoms with E-state index in [-0.39, 0.29) is 0 Å². The van der Waals surface area contributed by atoms with Crippen molar-refractivity contribution in [1.29, 1.82) is 0 Å². The van der Waals surface area contributed by atoms with E-state index in [0.29, 0.717) is 26.4 Å². The first-order valence-corrected chi connectivity index (χ1v) is 23.6. The molecule has 0 aromatic rings. The number of hydrogen-bond acceptors (Lipinski definition) is 14. The lowest BCUT2D eigenvalue weighted by molar-refractivity contribution is 0.163. The molecule has 22 heteroatoms. The number of nitrogens with one attached hydrogen (secondary N) is 2. The summed E-state index contributed by atoms with van der Waals surface area (Å²) in [7, 11) is -13.1. The zero-order chi connectivity index (χ0) is 26.1. The third-order valence-corrected chi connectivity index (χ3v) is 24.7. The quantitative estimate of drug-likeness (QED) is 0.217. The molecule has 4 fully saturated rings. The second kappa shape index (κ2) is 12.5. The Hall–Kier alpha value is 1.38. The fourth-order valence-electron chi connectivity index (χ4n) is 4.87. The van der Waals surface area contributed by atoms with Gasteiger partial charge < -0.3 is 18.1 Å². The minimum atomic E-state index is -2.85. The summed E-state index contributed by atoms with van der Waals surface area (Å²) < 4.78 is 58.5. The van der Waals surface area contributed by atoms with Crippen LogP contribution in [0, 0.1) is 0 Å². The van der Waals surface area contributed by atoms with Gasteiger partial charge in [0.2, 0.25) is 34.5 Å². The Balaban J connectivity index is 1.20. The minimum absolute atomic E-state index is 0.577. The van der Waals surface area contributed by atoms with Crippen LogP contribution in [0.15, 0.2) is 27.1 Å². The summed E-state index contributed by atoms with van der Waals surface area (Å²) in [4.78, 5) is 0. The van der Waals surface area contributed by atoms with E-state index in [1.807, 2.05) is 0 Å². The van der Waals surface area contributed by atoms with Crippen LogP contribution in [0.4, 0.5) is 0 Å². The highest BCUT2D eigenvalue weighted by atomic mass is 35.7. The Labute approximate surface area is 235 Å². The summed E-state index contributed by atoms with van der Waals surface area (Å²) in [5, 5.41) is 7.22. The van der Waals surface area contributed by atoms with Crippen LogP contribution in [0.25, 0.3) is 0 Å². The predicted octanol–water partition coefficient (Wildman–Crippen LogP) is 8.51. The van der Waals surface area contributed by atoms with Crippen LogP contribution in [0.2, 0.25) is 0 Å². The van der Waals surface area contributed by atoms with Crippen LogP contribution in [0.1, 0.15) is 38.5 Å². The first-order valence-electron chi connectivity index (χ1n) is 12.9. The number of nitrogens with zero attached hydrogens (tertiary/aromatic N) is 8. The molecule has 0 amide bonds. The third-order valence-electron chi connectivity index (χ3n) is 6.57. The zero-order valence-electron chi connectivity index (χ0n) is 21.0. The van der Waals surface area contributed by atoms with Gasteiger partial charge in [0.15, 0.2) is 0 Å². The van der Waals surface area contributed by atoms with Gasteiger partial charge in [-0.05, 0) is 38.5 Å². The molecule has 6 heterocycles. The average Bonchev–Trinajstić information content (AvgIpc) is 2.88. The molecule has 6 aliphatic rings. The lowest BCUT2D eigenvalue weighted by atomic mass is 10.3. The molecular formula is C16H34Cl2N10O4P6+2. The van der Waals surface area contributed by atoms with Crippen LogP contribution in [-0.2, 0) is 18.1 Å². The van der Waals surface area contributed by atoms with Gasteiger partial charge in [-0.2, -0.15) is 9.03 Å². The second-order valence-electron chi connectivity index (χ2n) is 9.31. The van der Waals surface area contributed by atoms with E-state index in [0.717, 1.165) is 77.8 Å². The molecular weight excluding hydrogens is 653 g/mol. The Kier molecular flexibility index (Phi) is 9.72. The van der Waals surface area contributed by atoms with E-state index in [1.54, 1.807) is 0 Å². The maximum absolute atomic E-state index is 6.36. The molecule has 4 unspecified atom stereocenters. The van der Waals surface area contributed by atoms with Gasteiger partial charge in [-0.1, -0.05) is 0 Å². The molecule has 214 valence electrons. The molecule has 4 atom stereocenters. The standard InChI is InChI=1S/C16H34Cl2N10O4P6/c17-33-21-34(18)23-35(22-33)19-7-3-11-27(35)9-1-2-10-28-12-4-8-20-36(28)24-37(29-13-5-14-30-37)26-38(25-36)31-15-6-16-32-38/h19-20H,1-16H2/q+2. The summed E-state index contributed by atoms with van der Waals surface area (Å²) in [5.41, 5.74) is 0. The molecule has 0 bridgehead atoms. The topological polar surface area (TPSA) is 142 Å². The lowest BCUT2D eigenvalue weighted by Crippen LogP contribution is -2.37. The minimum Gasteiger partial charge on any atom is -0.306 e. The molecule has 14 nitrogen and oxygen atoms in total. The number of rotatable bonds is 5. The highest BCUT2D eigenvalue weighted by molar-refractivity contribution is 7.91. The van der Waals surface area contributed by atoms with Crippen molar-refractivity contribution in [2.24, 2.45) is 27.1 Å². The maximum Gasteiger partial charge on any atom is 0.526 e. The van der Waals surface area contributed by atoms with Crippen LogP contribution >= 0.6 is 67.2 Å². The second-order valence-corrected chi connectivity index (χ2v) is 23.4. The molecule has 0 aromatic heterocycles. The van der Waals surface area contributed by atoms with E-state index in [9.17, 15) is 0 Å². The van der Waals surface area contributed by atoms with Gasteiger partial charge in [0, 0.05) is 48.3 Å². The van der Waals surface area contributed by atoms with E-state index >= 15 is 0 Å². The summed E-state index contributed by atoms with van der Waals surface area (Å²) >= 11 is 12.7. The van der Waals surface area contributed by atoms with Crippen molar-refractivity contribution in [3.8, 4) is 0 Å². The Morgan fingerprint density at radius 2 is 1.24 bits per heavy atom. The van der Waals surface area contributed by atoms with Gasteiger partial charge in [-0.15, -0.1) is 4.52 Å². The number of hydrogen-bond donors (Lipinski definition) is 2. The van der Waals surface area contributed by atoms with Crippen molar-refractivity contribution >= 4 is 67.2 Å². The van der Waals surface area contributed by atoms with Crippen LogP contribution in [0.3, 0.4) is 0 Å². The fraction of sp³-hybridized carbons (Fsp3) is 1.00. The van der Waals surface area contributed by atoms with Gasteiger partial charge in [0.25, 0.3) is 0 Å². The van der Waals surface area contributed by atoms with Crippen molar-refractivity contribution in [2.75, 3.05) is 65.7 Å². The SMILES string of the molecule is Cl[P+]1=N[P+](Cl)=NP2(=N1)NCCCN2CCCCN1CCCNP12=NP1(=NP3(=N2)OCCCO3)OCCCO1. The number of unbranched alkanes of at least 4 members (excludes halogenated alkanes) is 1. The molecule has 38 heavy (non-hydrogen) atoms. The Bertz CT molecular complexity index is 1190. The highest BCUT2D eigenvalue weighted by Gasteiger charge is 2.47. The third kappa shape index (κ3) is 6.33. The maximum atomic E-state index is 6.36. The summed E-state index contributed by atoms with van der Waals surface area (Å²) in [6.07, 6.45) is 5.69. The van der Waals surface area contributed by atoms with Crippen LogP contribution < -0.4 is 10.2 Å². The summed E-state index contributed by atoms with van der Waals surface area (Å²) in [6.45, 7) is 7.57. The largest absolute Gasteiger partial charge is 0.526 e. The number of halogens is 2. The van der Waals surface area contributed by atoms with Gasteiger partial charge in [-0.25, -0.2) is 14.4 Å². The normalized spacial score (nSPS) is 37.1. The summed E-state index contributed by atoms with van der Waals surface area (Å²) in [6, 6.07) is 0. The molecule has 0 aromatic carbocycles.